The summed E-state index contributed by atoms with van der Waals surface area (Å²) >= 11 is 0. The number of carbonyl (C=O) groups excluding carboxylic acids is 2. The van der Waals surface area contributed by atoms with Gasteiger partial charge in [-0.1, -0.05) is 20.8 Å². The van der Waals surface area contributed by atoms with Gasteiger partial charge in [-0.05, 0) is 42.4 Å². The van der Waals surface area contributed by atoms with Gasteiger partial charge in [-0.2, -0.15) is 30.7 Å². The SMILES string of the molecule is CC(C)(C)[Si](C)(C)OC(=O)c1ccc(OC(=O)C(F)(F)C(F)(F)C(F)(F)F)cc1. The second-order valence-electron chi connectivity index (χ2n) is 7.71. The van der Waals surface area contributed by atoms with Gasteiger partial charge in [-0.15, -0.1) is 0 Å². The molecule has 0 saturated carbocycles. The maximum Gasteiger partial charge on any atom is 0.460 e. The van der Waals surface area contributed by atoms with Crippen molar-refractivity contribution in [3.8, 4) is 5.75 Å². The summed E-state index contributed by atoms with van der Waals surface area (Å²) in [6.45, 7) is 9.23. The molecule has 4 nitrogen and oxygen atoms in total. The summed E-state index contributed by atoms with van der Waals surface area (Å²) in [5.74, 6) is -17.4. The predicted octanol–water partition coefficient (Wildman–Crippen LogP) is 5.59. The summed E-state index contributed by atoms with van der Waals surface area (Å²) in [4.78, 5) is 23.4. The number of hydrogen-bond acceptors (Lipinski definition) is 4. The van der Waals surface area contributed by atoms with E-state index in [1.165, 1.54) is 0 Å². The zero-order valence-electron chi connectivity index (χ0n) is 16.1. The van der Waals surface area contributed by atoms with Gasteiger partial charge in [0.25, 0.3) is 8.32 Å². The smallest absolute Gasteiger partial charge is 0.460 e. The molecule has 1 rings (SSSR count). The molecule has 1 aromatic rings. The molecule has 12 heteroatoms. The molecule has 29 heavy (non-hydrogen) atoms. The van der Waals surface area contributed by atoms with Crippen LogP contribution in [0.2, 0.25) is 18.1 Å². The molecular formula is C17H19F7O4Si. The van der Waals surface area contributed by atoms with Crippen LogP contribution in [0.15, 0.2) is 24.3 Å². The molecule has 0 radical (unpaired) electrons. The van der Waals surface area contributed by atoms with Crippen LogP contribution in [0.25, 0.3) is 0 Å². The van der Waals surface area contributed by atoms with Crippen LogP contribution in [0.4, 0.5) is 30.7 Å². The normalized spacial score (nSPS) is 13.8. The van der Waals surface area contributed by atoms with Gasteiger partial charge in [0.2, 0.25) is 0 Å². The third-order valence-corrected chi connectivity index (χ3v) is 8.77. The lowest BCUT2D eigenvalue weighted by atomic mass is 10.1. The van der Waals surface area contributed by atoms with E-state index in [4.69, 9.17) is 4.43 Å². The molecule has 0 N–H and O–H groups in total. The Kier molecular flexibility index (Phi) is 6.54. The zero-order chi connectivity index (χ0) is 23.1. The molecular weight excluding hydrogens is 429 g/mol. The van der Waals surface area contributed by atoms with Gasteiger partial charge < -0.3 is 9.16 Å². The zero-order valence-corrected chi connectivity index (χ0v) is 17.1. The molecule has 0 aromatic heterocycles. The number of hydrogen-bond donors (Lipinski definition) is 0. The lowest BCUT2D eigenvalue weighted by molar-refractivity contribution is -0.346. The van der Waals surface area contributed by atoms with Crippen molar-refractivity contribution in [3.63, 3.8) is 0 Å². The van der Waals surface area contributed by atoms with Crippen LogP contribution < -0.4 is 4.74 Å². The molecule has 0 aliphatic rings. The standard InChI is InChI=1S/C17H19F7O4Si/c1-14(2,3)29(4,5)28-12(25)10-6-8-11(9-7-10)27-13(26)15(18,19)16(20,21)17(22,23)24/h6-9H,1-5H3. The third-order valence-electron chi connectivity index (χ3n) is 4.46. The van der Waals surface area contributed by atoms with Crippen LogP contribution in [0.5, 0.6) is 5.75 Å². The molecule has 0 unspecified atom stereocenters. The quantitative estimate of drug-likeness (QED) is 0.255. The first-order valence-corrected chi connectivity index (χ1v) is 11.0. The van der Waals surface area contributed by atoms with E-state index in [1.54, 1.807) is 13.1 Å². The number of ether oxygens (including phenoxy) is 1. The summed E-state index contributed by atoms with van der Waals surface area (Å²) in [6.07, 6.45) is -6.66. The Labute approximate surface area is 163 Å². The minimum atomic E-state index is -6.66. The highest BCUT2D eigenvalue weighted by molar-refractivity contribution is 6.75. The first kappa shape index (κ1) is 24.9. The molecule has 0 aliphatic carbocycles. The molecule has 0 fully saturated rings. The van der Waals surface area contributed by atoms with E-state index in [0.29, 0.717) is 0 Å². The monoisotopic (exact) mass is 448 g/mol. The molecule has 0 aliphatic heterocycles. The Bertz CT molecular complexity index is 765. The lowest BCUT2D eigenvalue weighted by Crippen LogP contribution is -2.57. The van der Waals surface area contributed by atoms with Gasteiger partial charge in [0.15, 0.2) is 0 Å². The van der Waals surface area contributed by atoms with E-state index < -0.39 is 44.0 Å². The van der Waals surface area contributed by atoms with Crippen molar-refractivity contribution >= 4 is 20.3 Å². The van der Waals surface area contributed by atoms with Gasteiger partial charge in [-0.25, -0.2) is 9.59 Å². The Hall–Kier alpha value is -2.11. The lowest BCUT2D eigenvalue weighted by Gasteiger charge is -2.35. The molecule has 0 amide bonds. The first-order chi connectivity index (χ1) is 12.7. The van der Waals surface area contributed by atoms with E-state index in [-0.39, 0.29) is 10.6 Å². The van der Waals surface area contributed by atoms with Gasteiger partial charge in [-0.3, -0.25) is 0 Å². The number of rotatable bonds is 5. The Morgan fingerprint density at radius 1 is 0.862 bits per heavy atom. The minimum absolute atomic E-state index is 0.0537. The third kappa shape index (κ3) is 5.09. The second kappa shape index (κ2) is 7.61. The fourth-order valence-electron chi connectivity index (χ4n) is 1.58. The number of alkyl halides is 7. The van der Waals surface area contributed by atoms with E-state index in [1.807, 2.05) is 20.8 Å². The average molecular weight is 448 g/mol. The van der Waals surface area contributed by atoms with Crippen LogP contribution in [0.3, 0.4) is 0 Å². The minimum Gasteiger partial charge on any atom is -0.516 e. The first-order valence-electron chi connectivity index (χ1n) is 8.12. The van der Waals surface area contributed by atoms with Crippen molar-refractivity contribution in [2.24, 2.45) is 0 Å². The molecule has 0 bridgehead atoms. The maximum atomic E-state index is 13.3. The van der Waals surface area contributed by atoms with Crippen LogP contribution >= 0.6 is 0 Å². The predicted molar refractivity (Wildman–Crippen MR) is 90.6 cm³/mol. The number of carbonyl (C=O) groups is 2. The molecule has 1 aromatic carbocycles. The van der Waals surface area contributed by atoms with Crippen LogP contribution in [0.1, 0.15) is 31.1 Å². The average Bonchev–Trinajstić information content (AvgIpc) is 2.52. The Morgan fingerprint density at radius 3 is 1.69 bits per heavy atom. The number of benzene rings is 1. The molecule has 0 saturated heterocycles. The van der Waals surface area contributed by atoms with Gasteiger partial charge in [0, 0.05) is 0 Å². The van der Waals surface area contributed by atoms with Crippen molar-refractivity contribution in [1.82, 2.24) is 0 Å². The Balaban J connectivity index is 2.95. The fourth-order valence-corrected chi connectivity index (χ4v) is 2.47. The fraction of sp³-hybridized carbons (Fsp3) is 0.529. The van der Waals surface area contributed by atoms with Gasteiger partial charge in [0.1, 0.15) is 5.75 Å². The summed E-state index contributed by atoms with van der Waals surface area (Å²) < 4.78 is 98.0. The molecule has 0 spiro atoms. The second-order valence-corrected chi connectivity index (χ2v) is 12.4. The van der Waals surface area contributed by atoms with Crippen molar-refractivity contribution in [2.75, 3.05) is 0 Å². The van der Waals surface area contributed by atoms with Crippen LogP contribution in [0, 0.1) is 0 Å². The maximum absolute atomic E-state index is 13.3. The van der Waals surface area contributed by atoms with E-state index in [2.05, 4.69) is 4.74 Å². The topological polar surface area (TPSA) is 52.6 Å². The summed E-state index contributed by atoms with van der Waals surface area (Å²) in [5.41, 5.74) is -0.0537. The van der Waals surface area contributed by atoms with Gasteiger partial charge in [0.05, 0.1) is 5.56 Å². The van der Waals surface area contributed by atoms with Gasteiger partial charge >= 0.3 is 30.0 Å². The molecule has 0 atom stereocenters. The van der Waals surface area contributed by atoms with E-state index in [0.717, 1.165) is 24.3 Å². The van der Waals surface area contributed by atoms with Crippen molar-refractivity contribution in [2.45, 2.75) is 56.9 Å². The van der Waals surface area contributed by atoms with Crippen molar-refractivity contribution in [1.29, 1.82) is 0 Å². The van der Waals surface area contributed by atoms with Crippen LogP contribution in [-0.4, -0.2) is 38.3 Å². The summed E-state index contributed by atoms with van der Waals surface area (Å²) in [7, 11) is -2.48. The molecule has 0 heterocycles. The number of esters is 1. The van der Waals surface area contributed by atoms with E-state index in [9.17, 15) is 40.3 Å². The highest BCUT2D eigenvalue weighted by Crippen LogP contribution is 2.47. The highest BCUT2D eigenvalue weighted by atomic mass is 28.4. The molecule has 164 valence electrons. The van der Waals surface area contributed by atoms with Crippen molar-refractivity contribution < 1.29 is 49.5 Å². The van der Waals surface area contributed by atoms with E-state index >= 15 is 0 Å². The largest absolute Gasteiger partial charge is 0.516 e. The van der Waals surface area contributed by atoms with Crippen LogP contribution in [-0.2, 0) is 9.22 Å². The van der Waals surface area contributed by atoms with Crippen molar-refractivity contribution in [3.05, 3.63) is 29.8 Å². The summed E-state index contributed by atoms with van der Waals surface area (Å²) in [6, 6.07) is 3.58. The summed E-state index contributed by atoms with van der Waals surface area (Å²) in [5, 5.41) is -0.298. The highest BCUT2D eigenvalue weighted by Gasteiger charge is 2.77. The Morgan fingerprint density at radius 2 is 1.31 bits per heavy atom. The number of halogens is 7.